The molecule has 0 radical (unpaired) electrons. The lowest BCUT2D eigenvalue weighted by Crippen LogP contribution is -2.53. The second-order valence-corrected chi connectivity index (χ2v) is 4.43. The molecule has 0 aliphatic heterocycles. The van der Waals surface area contributed by atoms with Gasteiger partial charge in [-0.25, -0.2) is 4.79 Å². The Bertz CT molecular complexity index is 488. The zero-order valence-electron chi connectivity index (χ0n) is 12.3. The molecule has 1 N–H and O–H groups in total. The number of esters is 1. The quantitative estimate of drug-likeness (QED) is 0.247. The minimum absolute atomic E-state index is 0.144. The second kappa shape index (κ2) is 8.97. The summed E-state index contributed by atoms with van der Waals surface area (Å²) in [6.45, 7) is 1.00. The van der Waals surface area contributed by atoms with Crippen LogP contribution in [0.25, 0.3) is 10.4 Å². The molecule has 0 spiro atoms. The zero-order chi connectivity index (χ0) is 15.6. The van der Waals surface area contributed by atoms with Crippen molar-refractivity contribution in [2.24, 2.45) is 5.11 Å². The summed E-state index contributed by atoms with van der Waals surface area (Å²) in [7, 11) is 2.87. The van der Waals surface area contributed by atoms with E-state index in [0.717, 1.165) is 5.56 Å². The highest BCUT2D eigenvalue weighted by Crippen LogP contribution is 2.23. The molecule has 7 heteroatoms. The number of carbonyl (C=O) groups excluding carboxylic acids is 1. The lowest BCUT2D eigenvalue weighted by Gasteiger charge is -2.32. The molecule has 1 aromatic carbocycles. The number of nitrogens with one attached hydrogen (secondary N) is 1. The van der Waals surface area contributed by atoms with E-state index in [1.807, 2.05) is 30.3 Å². The monoisotopic (exact) mass is 292 g/mol. The smallest absolute Gasteiger partial charge is 0.333 e. The third kappa shape index (κ3) is 4.46. The SMILES string of the molecule is COCC(NCCCN=[N+]=[N-])(C(=O)OC)c1ccccc1. The first-order chi connectivity index (χ1) is 10.2. The third-order valence-electron chi connectivity index (χ3n) is 3.09. The number of azide groups is 1. The summed E-state index contributed by atoms with van der Waals surface area (Å²) >= 11 is 0. The van der Waals surface area contributed by atoms with Gasteiger partial charge in [-0.3, -0.25) is 5.32 Å². The van der Waals surface area contributed by atoms with E-state index in [1.165, 1.54) is 14.2 Å². The maximum Gasteiger partial charge on any atom is 0.333 e. The van der Waals surface area contributed by atoms with Crippen molar-refractivity contribution in [3.05, 3.63) is 46.3 Å². The highest BCUT2D eigenvalue weighted by Gasteiger charge is 2.41. The number of hydrogen-bond donors (Lipinski definition) is 1. The summed E-state index contributed by atoms with van der Waals surface area (Å²) < 4.78 is 10.2. The molecule has 7 nitrogen and oxygen atoms in total. The Hall–Kier alpha value is -2.08. The van der Waals surface area contributed by atoms with Crippen LogP contribution < -0.4 is 5.32 Å². The molecule has 1 unspecified atom stereocenters. The normalized spacial score (nSPS) is 13.0. The van der Waals surface area contributed by atoms with Crippen molar-refractivity contribution < 1.29 is 14.3 Å². The minimum atomic E-state index is -1.07. The fourth-order valence-electron chi connectivity index (χ4n) is 2.10. The maximum absolute atomic E-state index is 12.3. The summed E-state index contributed by atoms with van der Waals surface area (Å²) in [6.07, 6.45) is 0.610. The van der Waals surface area contributed by atoms with Crippen LogP contribution in [-0.4, -0.2) is 39.9 Å². The lowest BCUT2D eigenvalue weighted by atomic mass is 9.90. The summed E-state index contributed by atoms with van der Waals surface area (Å²) in [5.74, 6) is -0.417. The summed E-state index contributed by atoms with van der Waals surface area (Å²) in [5.41, 5.74) is 7.96. The van der Waals surface area contributed by atoms with Crippen LogP contribution in [0.4, 0.5) is 0 Å². The van der Waals surface area contributed by atoms with Crippen molar-refractivity contribution in [1.82, 2.24) is 5.32 Å². The van der Waals surface area contributed by atoms with E-state index in [0.29, 0.717) is 19.5 Å². The van der Waals surface area contributed by atoms with Gasteiger partial charge in [-0.05, 0) is 24.1 Å². The average molecular weight is 292 g/mol. The second-order valence-electron chi connectivity index (χ2n) is 4.43. The maximum atomic E-state index is 12.3. The number of methoxy groups -OCH3 is 2. The van der Waals surface area contributed by atoms with Crippen LogP contribution in [0, 0.1) is 0 Å². The molecule has 0 bridgehead atoms. The van der Waals surface area contributed by atoms with Gasteiger partial charge >= 0.3 is 5.97 Å². The predicted octanol–water partition coefficient (Wildman–Crippen LogP) is 1.99. The lowest BCUT2D eigenvalue weighted by molar-refractivity contribution is -0.151. The van der Waals surface area contributed by atoms with E-state index in [1.54, 1.807) is 0 Å². The highest BCUT2D eigenvalue weighted by atomic mass is 16.5. The van der Waals surface area contributed by atoms with Gasteiger partial charge in [-0.2, -0.15) is 0 Å². The van der Waals surface area contributed by atoms with Gasteiger partial charge in [0.05, 0.1) is 13.7 Å². The average Bonchev–Trinajstić information content (AvgIpc) is 2.53. The Kier molecular flexibility index (Phi) is 7.25. The first kappa shape index (κ1) is 17.0. The van der Waals surface area contributed by atoms with Crippen molar-refractivity contribution in [2.45, 2.75) is 12.0 Å². The molecule has 1 aromatic rings. The van der Waals surface area contributed by atoms with Gasteiger partial charge in [0.25, 0.3) is 0 Å². The summed E-state index contributed by atoms with van der Waals surface area (Å²) in [5, 5.41) is 6.65. The molecule has 0 fully saturated rings. The minimum Gasteiger partial charge on any atom is -0.467 e. The highest BCUT2D eigenvalue weighted by molar-refractivity contribution is 5.82. The molecular weight excluding hydrogens is 272 g/mol. The van der Waals surface area contributed by atoms with E-state index >= 15 is 0 Å². The molecule has 0 heterocycles. The van der Waals surface area contributed by atoms with Crippen LogP contribution >= 0.6 is 0 Å². The van der Waals surface area contributed by atoms with E-state index in [9.17, 15) is 4.79 Å². The molecular formula is C14H20N4O3. The van der Waals surface area contributed by atoms with E-state index in [-0.39, 0.29) is 6.61 Å². The van der Waals surface area contributed by atoms with Crippen molar-refractivity contribution in [2.75, 3.05) is 33.9 Å². The number of rotatable bonds is 9. The van der Waals surface area contributed by atoms with Crippen LogP contribution in [0.2, 0.25) is 0 Å². The van der Waals surface area contributed by atoms with Crippen LogP contribution in [0.5, 0.6) is 0 Å². The fourth-order valence-corrected chi connectivity index (χ4v) is 2.10. The van der Waals surface area contributed by atoms with Crippen molar-refractivity contribution in [3.63, 3.8) is 0 Å². The first-order valence-corrected chi connectivity index (χ1v) is 6.60. The number of benzene rings is 1. The summed E-state index contributed by atoms with van der Waals surface area (Å²) in [6, 6.07) is 9.27. The Morgan fingerprint density at radius 1 is 1.38 bits per heavy atom. The largest absolute Gasteiger partial charge is 0.467 e. The molecule has 114 valence electrons. The zero-order valence-corrected chi connectivity index (χ0v) is 12.3. The molecule has 0 aliphatic rings. The number of carbonyl (C=O) groups is 1. The molecule has 0 aliphatic carbocycles. The van der Waals surface area contributed by atoms with Gasteiger partial charge in [0, 0.05) is 18.6 Å². The van der Waals surface area contributed by atoms with Gasteiger partial charge in [-0.1, -0.05) is 35.4 Å². The molecule has 1 atom stereocenters. The fraction of sp³-hybridized carbons (Fsp3) is 0.500. The molecule has 0 saturated heterocycles. The molecule has 0 aromatic heterocycles. The molecule has 21 heavy (non-hydrogen) atoms. The van der Waals surface area contributed by atoms with Gasteiger partial charge in [-0.15, -0.1) is 0 Å². The Labute approximate surface area is 123 Å². The van der Waals surface area contributed by atoms with Crippen molar-refractivity contribution >= 4 is 5.97 Å². The van der Waals surface area contributed by atoms with E-state index in [2.05, 4.69) is 15.3 Å². The van der Waals surface area contributed by atoms with Gasteiger partial charge in [0.15, 0.2) is 5.54 Å². The number of ether oxygens (including phenoxy) is 2. The predicted molar refractivity (Wildman–Crippen MR) is 78.6 cm³/mol. The Morgan fingerprint density at radius 3 is 2.67 bits per heavy atom. The number of nitrogens with zero attached hydrogens (tertiary/aromatic N) is 3. The molecule has 0 amide bonds. The van der Waals surface area contributed by atoms with E-state index < -0.39 is 11.5 Å². The topological polar surface area (TPSA) is 96.3 Å². The van der Waals surface area contributed by atoms with Crippen LogP contribution in [0.1, 0.15) is 12.0 Å². The molecule has 1 rings (SSSR count). The summed E-state index contributed by atoms with van der Waals surface area (Å²) in [4.78, 5) is 15.0. The Morgan fingerprint density at radius 2 is 2.10 bits per heavy atom. The van der Waals surface area contributed by atoms with Crippen LogP contribution in [0.15, 0.2) is 35.4 Å². The number of hydrogen-bond acceptors (Lipinski definition) is 5. The van der Waals surface area contributed by atoms with Crippen molar-refractivity contribution in [3.8, 4) is 0 Å². The standard InChI is InChI=1S/C14H20N4O3/c1-20-11-14(13(19)21-2,12-7-4-3-5-8-12)16-9-6-10-17-18-15/h3-5,7-8,16H,6,9-11H2,1-2H3. The van der Waals surface area contributed by atoms with Crippen molar-refractivity contribution in [1.29, 1.82) is 0 Å². The third-order valence-corrected chi connectivity index (χ3v) is 3.09. The van der Waals surface area contributed by atoms with Crippen LogP contribution in [0.3, 0.4) is 0 Å². The van der Waals surface area contributed by atoms with E-state index in [4.69, 9.17) is 15.0 Å². The molecule has 0 saturated carbocycles. The van der Waals surface area contributed by atoms with Gasteiger partial charge in [0.2, 0.25) is 0 Å². The Balaban J connectivity index is 2.96. The first-order valence-electron chi connectivity index (χ1n) is 6.60. The van der Waals surface area contributed by atoms with Gasteiger partial charge < -0.3 is 9.47 Å². The van der Waals surface area contributed by atoms with Crippen LogP contribution in [-0.2, 0) is 19.8 Å². The van der Waals surface area contributed by atoms with Gasteiger partial charge in [0.1, 0.15) is 0 Å².